The predicted octanol–water partition coefficient (Wildman–Crippen LogP) is 3.08. The maximum absolute atomic E-state index is 13.3. The van der Waals surface area contributed by atoms with Crippen molar-refractivity contribution in [1.82, 2.24) is 10.2 Å². The van der Waals surface area contributed by atoms with Crippen LogP contribution in [0.1, 0.15) is 25.5 Å². The maximum atomic E-state index is 13.3. The van der Waals surface area contributed by atoms with Gasteiger partial charge < -0.3 is 10.2 Å². The summed E-state index contributed by atoms with van der Waals surface area (Å²) in [6.07, 6.45) is 0. The molecule has 96 valence electrons. The Morgan fingerprint density at radius 2 is 2.00 bits per heavy atom. The van der Waals surface area contributed by atoms with E-state index in [9.17, 15) is 4.39 Å². The van der Waals surface area contributed by atoms with Crippen molar-refractivity contribution in [3.8, 4) is 0 Å². The van der Waals surface area contributed by atoms with E-state index in [-0.39, 0.29) is 16.9 Å². The zero-order valence-corrected chi connectivity index (χ0v) is 11.6. The highest BCUT2D eigenvalue weighted by molar-refractivity contribution is 6.30. The Balaban J connectivity index is 2.63. The van der Waals surface area contributed by atoms with Crippen LogP contribution in [0.5, 0.6) is 0 Å². The fourth-order valence-corrected chi connectivity index (χ4v) is 2.02. The second-order valence-corrected chi connectivity index (χ2v) is 5.13. The molecule has 1 aromatic carbocycles. The fourth-order valence-electron chi connectivity index (χ4n) is 1.91. The number of halogens is 2. The van der Waals surface area contributed by atoms with Crippen LogP contribution in [-0.2, 0) is 0 Å². The molecule has 4 heteroatoms. The van der Waals surface area contributed by atoms with E-state index in [1.165, 1.54) is 6.07 Å². The van der Waals surface area contributed by atoms with E-state index < -0.39 is 0 Å². The van der Waals surface area contributed by atoms with E-state index >= 15 is 0 Å². The summed E-state index contributed by atoms with van der Waals surface area (Å²) in [4.78, 5) is 2.12. The summed E-state index contributed by atoms with van der Waals surface area (Å²) in [6.45, 7) is 5.08. The predicted molar refractivity (Wildman–Crippen MR) is 71.0 cm³/mol. The average Bonchev–Trinajstić information content (AvgIpc) is 2.20. The molecular weight excluding hydrogens is 239 g/mol. The summed E-state index contributed by atoms with van der Waals surface area (Å²) in [5.41, 5.74) is 0.914. The molecule has 0 amide bonds. The molecule has 2 nitrogen and oxygen atoms in total. The average molecular weight is 259 g/mol. The minimum absolute atomic E-state index is 0.108. The summed E-state index contributed by atoms with van der Waals surface area (Å²) in [5.74, 6) is -0.363. The number of benzene rings is 1. The summed E-state index contributed by atoms with van der Waals surface area (Å²) in [6, 6.07) is 5.39. The molecule has 0 fully saturated rings. The Hall–Kier alpha value is -0.640. The number of hydrogen-bond acceptors (Lipinski definition) is 2. The van der Waals surface area contributed by atoms with Crippen molar-refractivity contribution >= 4 is 11.6 Å². The lowest BCUT2D eigenvalue weighted by Gasteiger charge is -2.23. The van der Waals surface area contributed by atoms with E-state index in [4.69, 9.17) is 11.6 Å². The van der Waals surface area contributed by atoms with Crippen molar-refractivity contribution in [2.24, 2.45) is 0 Å². The van der Waals surface area contributed by atoms with Crippen molar-refractivity contribution in [2.75, 3.05) is 20.6 Å². The van der Waals surface area contributed by atoms with Crippen molar-refractivity contribution in [3.05, 3.63) is 34.6 Å². The Kier molecular flexibility index (Phi) is 5.37. The molecule has 0 saturated heterocycles. The molecule has 1 rings (SSSR count). The highest BCUT2D eigenvalue weighted by atomic mass is 35.5. The first-order valence-electron chi connectivity index (χ1n) is 5.76. The molecule has 0 heterocycles. The smallest absolute Gasteiger partial charge is 0.142 e. The Labute approximate surface area is 108 Å². The van der Waals surface area contributed by atoms with Gasteiger partial charge in [-0.25, -0.2) is 4.39 Å². The monoisotopic (exact) mass is 258 g/mol. The minimum Gasteiger partial charge on any atom is -0.308 e. The quantitative estimate of drug-likeness (QED) is 0.873. The van der Waals surface area contributed by atoms with Crippen LogP contribution in [-0.4, -0.2) is 31.6 Å². The van der Waals surface area contributed by atoms with Gasteiger partial charge in [0, 0.05) is 18.6 Å². The lowest BCUT2D eigenvalue weighted by molar-refractivity contribution is 0.334. The molecule has 0 saturated carbocycles. The number of likely N-dealkylation sites (N-methyl/N-ethyl adjacent to an activating group) is 1. The van der Waals surface area contributed by atoms with Gasteiger partial charge in [-0.1, -0.05) is 17.7 Å². The Morgan fingerprint density at radius 1 is 1.35 bits per heavy atom. The zero-order valence-electron chi connectivity index (χ0n) is 10.8. The fraction of sp³-hybridized carbons (Fsp3) is 0.538. The summed E-state index contributed by atoms with van der Waals surface area (Å²) in [7, 11) is 4.07. The van der Waals surface area contributed by atoms with Crippen LogP contribution in [0, 0.1) is 5.82 Å². The molecule has 0 aliphatic carbocycles. The van der Waals surface area contributed by atoms with Gasteiger partial charge in [0.2, 0.25) is 0 Å². The molecular formula is C13H20ClFN2. The number of nitrogens with one attached hydrogen (secondary N) is 1. The molecule has 0 aliphatic rings. The summed E-state index contributed by atoms with van der Waals surface area (Å²) < 4.78 is 13.3. The number of hydrogen-bond donors (Lipinski definition) is 1. The van der Waals surface area contributed by atoms with Crippen LogP contribution in [0.25, 0.3) is 0 Å². The molecule has 1 N–H and O–H groups in total. The highest BCUT2D eigenvalue weighted by Gasteiger charge is 2.11. The normalized spacial score (nSPS) is 15.0. The zero-order chi connectivity index (χ0) is 13.0. The van der Waals surface area contributed by atoms with Crippen LogP contribution < -0.4 is 5.32 Å². The first-order chi connectivity index (χ1) is 7.90. The molecule has 0 aliphatic heterocycles. The highest BCUT2D eigenvalue weighted by Crippen LogP contribution is 2.20. The molecule has 0 aromatic heterocycles. The van der Waals surface area contributed by atoms with E-state index in [2.05, 4.69) is 17.1 Å². The van der Waals surface area contributed by atoms with Gasteiger partial charge in [0.05, 0.1) is 5.02 Å². The van der Waals surface area contributed by atoms with E-state index in [1.54, 1.807) is 6.07 Å². The molecule has 0 bridgehead atoms. The Morgan fingerprint density at radius 3 is 2.53 bits per heavy atom. The van der Waals surface area contributed by atoms with Gasteiger partial charge in [0.25, 0.3) is 0 Å². The molecule has 1 aromatic rings. The van der Waals surface area contributed by atoms with Crippen molar-refractivity contribution < 1.29 is 4.39 Å². The van der Waals surface area contributed by atoms with Crippen molar-refractivity contribution in [2.45, 2.75) is 25.9 Å². The third-order valence-electron chi connectivity index (χ3n) is 2.62. The van der Waals surface area contributed by atoms with Crippen LogP contribution in [0.15, 0.2) is 18.2 Å². The molecule has 0 spiro atoms. The van der Waals surface area contributed by atoms with Gasteiger partial charge in [-0.2, -0.15) is 0 Å². The second-order valence-electron chi connectivity index (χ2n) is 4.73. The van der Waals surface area contributed by atoms with E-state index in [0.29, 0.717) is 6.04 Å². The first-order valence-corrected chi connectivity index (χ1v) is 6.13. The van der Waals surface area contributed by atoms with Gasteiger partial charge in [0.15, 0.2) is 0 Å². The van der Waals surface area contributed by atoms with E-state index in [1.807, 2.05) is 27.1 Å². The summed E-state index contributed by atoms with van der Waals surface area (Å²) >= 11 is 5.66. The van der Waals surface area contributed by atoms with Crippen molar-refractivity contribution in [1.29, 1.82) is 0 Å². The van der Waals surface area contributed by atoms with Gasteiger partial charge in [-0.15, -0.1) is 0 Å². The molecule has 17 heavy (non-hydrogen) atoms. The van der Waals surface area contributed by atoms with Crippen LogP contribution in [0.2, 0.25) is 5.02 Å². The van der Waals surface area contributed by atoms with E-state index in [0.717, 1.165) is 12.1 Å². The molecule has 2 unspecified atom stereocenters. The standard InChI is InChI=1S/C13H20ClFN2/c1-9(8-17(3)4)16-10(2)11-5-6-12(14)13(15)7-11/h5-7,9-10,16H,8H2,1-4H3. The first kappa shape index (κ1) is 14.4. The summed E-state index contributed by atoms with van der Waals surface area (Å²) in [5, 5.41) is 3.59. The molecule has 2 atom stereocenters. The van der Waals surface area contributed by atoms with Gasteiger partial charge in [0.1, 0.15) is 5.82 Å². The maximum Gasteiger partial charge on any atom is 0.142 e. The minimum atomic E-state index is -0.363. The number of rotatable bonds is 5. The SMILES string of the molecule is CC(CN(C)C)NC(C)c1ccc(Cl)c(F)c1. The lowest BCUT2D eigenvalue weighted by Crippen LogP contribution is -2.37. The lowest BCUT2D eigenvalue weighted by atomic mass is 10.1. The third-order valence-corrected chi connectivity index (χ3v) is 2.92. The van der Waals surface area contributed by atoms with Crippen molar-refractivity contribution in [3.63, 3.8) is 0 Å². The topological polar surface area (TPSA) is 15.3 Å². The van der Waals surface area contributed by atoms with Gasteiger partial charge in [-0.3, -0.25) is 0 Å². The van der Waals surface area contributed by atoms with Gasteiger partial charge >= 0.3 is 0 Å². The Bertz CT molecular complexity index is 368. The second kappa shape index (κ2) is 6.34. The third kappa shape index (κ3) is 4.62. The van der Waals surface area contributed by atoms with Crippen LogP contribution >= 0.6 is 11.6 Å². The van der Waals surface area contributed by atoms with Crippen LogP contribution in [0.3, 0.4) is 0 Å². The number of nitrogens with zero attached hydrogens (tertiary/aromatic N) is 1. The largest absolute Gasteiger partial charge is 0.308 e. The van der Waals surface area contributed by atoms with Gasteiger partial charge in [-0.05, 0) is 45.6 Å². The van der Waals surface area contributed by atoms with Crippen LogP contribution in [0.4, 0.5) is 4.39 Å². The molecule has 0 radical (unpaired) electrons.